The maximum absolute atomic E-state index is 5.81. The number of hydrogen-bond donors (Lipinski definition) is 0. The Balaban J connectivity index is 0.00000139. The van der Waals surface area contributed by atoms with Gasteiger partial charge in [-0.05, 0) is 32.9 Å². The maximum atomic E-state index is 5.81. The summed E-state index contributed by atoms with van der Waals surface area (Å²) in [6.45, 7) is 18.4. The number of ether oxygens (including phenoxy) is 2. The highest BCUT2D eigenvalue weighted by Gasteiger charge is 2.16. The summed E-state index contributed by atoms with van der Waals surface area (Å²) in [4.78, 5) is 4.97. The van der Waals surface area contributed by atoms with E-state index in [1.807, 2.05) is 26.0 Å². The van der Waals surface area contributed by atoms with Crippen molar-refractivity contribution in [3.05, 3.63) is 29.8 Å². The smallest absolute Gasteiger partial charge is 0.119 e. The molecule has 0 radical (unpaired) electrons. The molecule has 1 fully saturated rings. The van der Waals surface area contributed by atoms with Gasteiger partial charge in [-0.3, -0.25) is 9.80 Å². The first kappa shape index (κ1) is 20.9. The average Bonchev–Trinajstić information content (AvgIpc) is 2.59. The third-order valence-corrected chi connectivity index (χ3v) is 4.02. The van der Waals surface area contributed by atoms with Gasteiger partial charge in [0.1, 0.15) is 12.4 Å². The monoisotopic (exact) mass is 336 g/mol. The molecule has 4 nitrogen and oxygen atoms in total. The van der Waals surface area contributed by atoms with Gasteiger partial charge < -0.3 is 9.47 Å². The minimum Gasteiger partial charge on any atom is -0.492 e. The molecule has 1 saturated heterocycles. The van der Waals surface area contributed by atoms with Crippen molar-refractivity contribution in [2.45, 2.75) is 40.7 Å². The van der Waals surface area contributed by atoms with E-state index in [1.54, 1.807) is 0 Å². The molecule has 138 valence electrons. The third-order valence-electron chi connectivity index (χ3n) is 4.02. The first-order chi connectivity index (χ1) is 11.6. The normalized spacial score (nSPS) is 15.9. The third kappa shape index (κ3) is 8.67. The Kier molecular flexibility index (Phi) is 10.7. The van der Waals surface area contributed by atoms with E-state index in [-0.39, 0.29) is 0 Å². The highest BCUT2D eigenvalue weighted by Crippen LogP contribution is 2.11. The second-order valence-electron chi connectivity index (χ2n) is 6.26. The number of aryl methyl sites for hydroxylation is 1. The molecular weight excluding hydrogens is 300 g/mol. The molecule has 1 aliphatic heterocycles. The van der Waals surface area contributed by atoms with Gasteiger partial charge in [0, 0.05) is 39.3 Å². The molecule has 0 N–H and O–H groups in total. The Morgan fingerprint density at radius 3 is 1.88 bits per heavy atom. The molecule has 1 heterocycles. The number of hydrogen-bond acceptors (Lipinski definition) is 4. The van der Waals surface area contributed by atoms with Crippen LogP contribution in [0, 0.1) is 6.92 Å². The van der Waals surface area contributed by atoms with Gasteiger partial charge in [-0.25, -0.2) is 0 Å². The molecule has 4 heteroatoms. The van der Waals surface area contributed by atoms with E-state index >= 15 is 0 Å². The summed E-state index contributed by atoms with van der Waals surface area (Å²) in [5.41, 5.74) is 1.27. The molecule has 0 aliphatic carbocycles. The van der Waals surface area contributed by atoms with Crippen molar-refractivity contribution in [3.63, 3.8) is 0 Å². The maximum Gasteiger partial charge on any atom is 0.119 e. The van der Waals surface area contributed by atoms with E-state index < -0.39 is 0 Å². The lowest BCUT2D eigenvalue weighted by Crippen LogP contribution is -2.48. The van der Waals surface area contributed by atoms with Crippen LogP contribution in [-0.2, 0) is 4.74 Å². The minimum absolute atomic E-state index is 0.334. The van der Waals surface area contributed by atoms with Crippen LogP contribution in [0.3, 0.4) is 0 Å². The second-order valence-corrected chi connectivity index (χ2v) is 6.26. The predicted molar refractivity (Wildman–Crippen MR) is 102 cm³/mol. The summed E-state index contributed by atoms with van der Waals surface area (Å²) in [6, 6.07) is 8.27. The molecular formula is C20H36N2O2. The fraction of sp³-hybridized carbons (Fsp3) is 0.700. The first-order valence-corrected chi connectivity index (χ1v) is 9.39. The van der Waals surface area contributed by atoms with Gasteiger partial charge in [-0.1, -0.05) is 31.5 Å². The van der Waals surface area contributed by atoms with Crippen molar-refractivity contribution in [2.24, 2.45) is 0 Å². The van der Waals surface area contributed by atoms with Gasteiger partial charge in [-0.15, -0.1) is 0 Å². The van der Waals surface area contributed by atoms with Crippen LogP contribution in [-0.4, -0.2) is 68.4 Å². The zero-order valence-electron chi connectivity index (χ0n) is 16.3. The predicted octanol–water partition coefficient (Wildman–Crippen LogP) is 3.44. The molecule has 1 aromatic carbocycles. The van der Waals surface area contributed by atoms with Gasteiger partial charge in [0.15, 0.2) is 0 Å². The quantitative estimate of drug-likeness (QED) is 0.726. The second kappa shape index (κ2) is 12.3. The highest BCUT2D eigenvalue weighted by atomic mass is 16.5. The van der Waals surface area contributed by atoms with E-state index in [9.17, 15) is 0 Å². The van der Waals surface area contributed by atoms with Gasteiger partial charge >= 0.3 is 0 Å². The summed E-state index contributed by atoms with van der Waals surface area (Å²) in [5, 5.41) is 0. The SMILES string of the molecule is CC.Cc1ccc(OCCN2CCN(CCOC(C)C)CC2)cc1. The molecule has 24 heavy (non-hydrogen) atoms. The lowest BCUT2D eigenvalue weighted by Gasteiger charge is -2.34. The molecule has 0 spiro atoms. The van der Waals surface area contributed by atoms with E-state index in [4.69, 9.17) is 9.47 Å². The summed E-state index contributed by atoms with van der Waals surface area (Å²) in [7, 11) is 0. The van der Waals surface area contributed by atoms with Crippen LogP contribution in [0.15, 0.2) is 24.3 Å². The van der Waals surface area contributed by atoms with Crippen LogP contribution < -0.4 is 4.74 Å². The molecule has 0 amide bonds. The van der Waals surface area contributed by atoms with Crippen LogP contribution in [0.4, 0.5) is 0 Å². The standard InChI is InChI=1S/C18H30N2O2.C2H6/c1-16(2)21-14-12-19-8-10-20(11-9-19)13-15-22-18-6-4-17(3)5-7-18;1-2/h4-7,16H,8-15H2,1-3H3;1-2H3. The fourth-order valence-corrected chi connectivity index (χ4v) is 2.58. The van der Waals surface area contributed by atoms with Crippen molar-refractivity contribution in [2.75, 3.05) is 52.5 Å². The summed E-state index contributed by atoms with van der Waals surface area (Å²) >= 11 is 0. The van der Waals surface area contributed by atoms with Gasteiger partial charge in [0.25, 0.3) is 0 Å². The van der Waals surface area contributed by atoms with Crippen LogP contribution in [0.25, 0.3) is 0 Å². The molecule has 0 unspecified atom stereocenters. The fourth-order valence-electron chi connectivity index (χ4n) is 2.58. The summed E-state index contributed by atoms with van der Waals surface area (Å²) in [5.74, 6) is 0.968. The van der Waals surface area contributed by atoms with Crippen molar-refractivity contribution in [3.8, 4) is 5.75 Å². The van der Waals surface area contributed by atoms with Crippen LogP contribution in [0.5, 0.6) is 5.75 Å². The lowest BCUT2D eigenvalue weighted by molar-refractivity contribution is 0.0430. The largest absolute Gasteiger partial charge is 0.492 e. The Morgan fingerprint density at radius 2 is 1.38 bits per heavy atom. The minimum atomic E-state index is 0.334. The van der Waals surface area contributed by atoms with Gasteiger partial charge in [0.05, 0.1) is 12.7 Å². The summed E-state index contributed by atoms with van der Waals surface area (Å²) < 4.78 is 11.4. The van der Waals surface area contributed by atoms with Crippen LogP contribution >= 0.6 is 0 Å². The Morgan fingerprint density at radius 1 is 0.875 bits per heavy atom. The zero-order chi connectivity index (χ0) is 17.8. The Bertz CT molecular complexity index is 412. The van der Waals surface area contributed by atoms with Gasteiger partial charge in [0.2, 0.25) is 0 Å². The van der Waals surface area contributed by atoms with E-state index in [1.165, 1.54) is 5.56 Å². The van der Waals surface area contributed by atoms with Crippen LogP contribution in [0.2, 0.25) is 0 Å². The van der Waals surface area contributed by atoms with Crippen molar-refractivity contribution in [1.29, 1.82) is 0 Å². The van der Waals surface area contributed by atoms with Crippen molar-refractivity contribution < 1.29 is 9.47 Å². The lowest BCUT2D eigenvalue weighted by atomic mass is 10.2. The zero-order valence-corrected chi connectivity index (χ0v) is 16.3. The van der Waals surface area contributed by atoms with E-state index in [0.29, 0.717) is 6.10 Å². The van der Waals surface area contributed by atoms with Crippen molar-refractivity contribution in [1.82, 2.24) is 9.80 Å². The molecule has 1 aromatic rings. The van der Waals surface area contributed by atoms with Crippen LogP contribution in [0.1, 0.15) is 33.3 Å². The van der Waals surface area contributed by atoms with E-state index in [0.717, 1.165) is 58.2 Å². The number of rotatable bonds is 8. The van der Waals surface area contributed by atoms with Gasteiger partial charge in [-0.2, -0.15) is 0 Å². The molecule has 2 rings (SSSR count). The topological polar surface area (TPSA) is 24.9 Å². The molecule has 0 bridgehead atoms. The summed E-state index contributed by atoms with van der Waals surface area (Å²) in [6.07, 6.45) is 0.334. The number of nitrogens with zero attached hydrogens (tertiary/aromatic N) is 2. The van der Waals surface area contributed by atoms with E-state index in [2.05, 4.69) is 42.7 Å². The molecule has 0 aromatic heterocycles. The number of benzene rings is 1. The highest BCUT2D eigenvalue weighted by molar-refractivity contribution is 5.26. The first-order valence-electron chi connectivity index (χ1n) is 9.39. The molecule has 0 saturated carbocycles. The molecule has 0 atom stereocenters. The number of piperazine rings is 1. The Labute approximate surface area is 148 Å². The molecule has 1 aliphatic rings. The average molecular weight is 337 g/mol. The Hall–Kier alpha value is -1.10. The van der Waals surface area contributed by atoms with Crippen molar-refractivity contribution >= 4 is 0 Å².